The van der Waals surface area contributed by atoms with Crippen LogP contribution in [0.3, 0.4) is 0 Å². The molecule has 132 valence electrons. The Balaban J connectivity index is 1.56. The van der Waals surface area contributed by atoms with Crippen molar-refractivity contribution in [3.8, 4) is 0 Å². The Morgan fingerprint density at radius 2 is 2.00 bits per heavy atom. The lowest BCUT2D eigenvalue weighted by atomic mass is 10.1. The Labute approximate surface area is 145 Å². The number of rotatable bonds is 5. The third kappa shape index (κ3) is 3.96. The molecule has 0 radical (unpaired) electrons. The maximum atomic E-state index is 13.8. The normalized spacial score (nSPS) is 16.9. The van der Waals surface area contributed by atoms with Gasteiger partial charge in [-0.1, -0.05) is 24.3 Å². The van der Waals surface area contributed by atoms with Crippen LogP contribution in [0.4, 0.5) is 14.5 Å². The monoisotopic (exact) mass is 346 g/mol. The molecule has 0 spiro atoms. The minimum absolute atomic E-state index is 0.120. The second-order valence-electron chi connectivity index (χ2n) is 6.18. The number of hydrogen-bond acceptors (Lipinski definition) is 3. The Morgan fingerprint density at radius 1 is 1.20 bits per heavy atom. The summed E-state index contributed by atoms with van der Waals surface area (Å²) in [7, 11) is 0. The third-order valence-electron chi connectivity index (χ3n) is 4.51. The van der Waals surface area contributed by atoms with Gasteiger partial charge in [-0.3, -0.25) is 4.79 Å². The lowest BCUT2D eigenvalue weighted by molar-refractivity contribution is -0.124. The van der Waals surface area contributed by atoms with Gasteiger partial charge in [0.1, 0.15) is 11.6 Å². The van der Waals surface area contributed by atoms with Crippen molar-refractivity contribution >= 4 is 11.6 Å². The average molecular weight is 346 g/mol. The summed E-state index contributed by atoms with van der Waals surface area (Å²) in [5.74, 6) is -1.12. The number of para-hydroxylation sites is 1. The second kappa shape index (κ2) is 7.61. The number of hydrogen-bond donors (Lipinski definition) is 2. The molecule has 1 fully saturated rings. The first-order valence-electron chi connectivity index (χ1n) is 8.24. The zero-order valence-corrected chi connectivity index (χ0v) is 13.7. The molecule has 1 atom stereocenters. The molecule has 0 saturated carbocycles. The van der Waals surface area contributed by atoms with Gasteiger partial charge in [0.15, 0.2) is 0 Å². The fraction of sp³-hybridized carbons (Fsp3) is 0.316. The van der Waals surface area contributed by atoms with E-state index in [9.17, 15) is 13.6 Å². The molecule has 25 heavy (non-hydrogen) atoms. The maximum Gasteiger partial charge on any atom is 0.225 e. The van der Waals surface area contributed by atoms with Gasteiger partial charge in [-0.15, -0.1) is 0 Å². The number of carbonyl (C=O) groups excluding carboxylic acids is 1. The number of carbonyl (C=O) groups is 1. The predicted molar refractivity (Wildman–Crippen MR) is 90.9 cm³/mol. The highest BCUT2D eigenvalue weighted by Gasteiger charge is 2.29. The van der Waals surface area contributed by atoms with Gasteiger partial charge in [0.2, 0.25) is 5.91 Å². The minimum atomic E-state index is -0.485. The number of halogens is 2. The molecule has 1 aliphatic heterocycles. The highest BCUT2D eigenvalue weighted by Crippen LogP contribution is 2.26. The SMILES string of the molecule is O=C(NCc1ccc(CO)c(F)c1)C1CCN(c2ccccc2F)C1. The van der Waals surface area contributed by atoms with Crippen LogP contribution in [0.1, 0.15) is 17.5 Å². The molecule has 6 heteroatoms. The zero-order valence-electron chi connectivity index (χ0n) is 13.7. The first-order valence-corrected chi connectivity index (χ1v) is 8.24. The average Bonchev–Trinajstić information content (AvgIpc) is 3.10. The molecule has 0 aromatic heterocycles. The highest BCUT2D eigenvalue weighted by molar-refractivity contribution is 5.80. The Kier molecular flexibility index (Phi) is 5.28. The summed E-state index contributed by atoms with van der Waals surface area (Å²) in [4.78, 5) is 14.2. The van der Waals surface area contributed by atoms with Crippen molar-refractivity contribution in [3.05, 3.63) is 65.2 Å². The van der Waals surface area contributed by atoms with Crippen LogP contribution in [-0.2, 0) is 17.9 Å². The summed E-state index contributed by atoms with van der Waals surface area (Å²) in [5, 5.41) is 11.8. The lowest BCUT2D eigenvalue weighted by Crippen LogP contribution is -2.32. The summed E-state index contributed by atoms with van der Waals surface area (Å²) in [6.07, 6.45) is 0.651. The van der Waals surface area contributed by atoms with E-state index in [1.807, 2.05) is 4.90 Å². The summed E-state index contributed by atoms with van der Waals surface area (Å²) < 4.78 is 27.5. The quantitative estimate of drug-likeness (QED) is 0.875. The third-order valence-corrected chi connectivity index (χ3v) is 4.51. The van der Waals surface area contributed by atoms with Crippen molar-refractivity contribution < 1.29 is 18.7 Å². The molecule has 1 amide bonds. The highest BCUT2D eigenvalue weighted by atomic mass is 19.1. The second-order valence-corrected chi connectivity index (χ2v) is 6.18. The van der Waals surface area contributed by atoms with Crippen LogP contribution >= 0.6 is 0 Å². The number of benzene rings is 2. The van der Waals surface area contributed by atoms with Crippen LogP contribution in [0.5, 0.6) is 0 Å². The molecule has 0 bridgehead atoms. The van der Waals surface area contributed by atoms with E-state index in [1.165, 1.54) is 18.2 Å². The maximum absolute atomic E-state index is 13.8. The van der Waals surface area contributed by atoms with Crippen LogP contribution in [0.15, 0.2) is 42.5 Å². The smallest absolute Gasteiger partial charge is 0.225 e. The predicted octanol–water partition coefficient (Wildman–Crippen LogP) is 2.60. The molecule has 1 heterocycles. The largest absolute Gasteiger partial charge is 0.392 e. The standard InChI is InChI=1S/C19H20F2N2O2/c20-16-3-1-2-4-18(16)23-8-7-14(11-23)19(25)22-10-13-5-6-15(12-24)17(21)9-13/h1-6,9,14,24H,7-8,10-12H2,(H,22,25). The van der Waals surface area contributed by atoms with Gasteiger partial charge >= 0.3 is 0 Å². The van der Waals surface area contributed by atoms with Gasteiger partial charge in [-0.25, -0.2) is 8.78 Å². The fourth-order valence-corrected chi connectivity index (χ4v) is 3.06. The molecule has 1 aliphatic rings. The van der Waals surface area contributed by atoms with Crippen molar-refractivity contribution in [2.24, 2.45) is 5.92 Å². The molecular weight excluding hydrogens is 326 g/mol. The van der Waals surface area contributed by atoms with E-state index < -0.39 is 5.82 Å². The van der Waals surface area contributed by atoms with Crippen LogP contribution in [0, 0.1) is 17.6 Å². The van der Waals surface area contributed by atoms with E-state index in [1.54, 1.807) is 24.3 Å². The molecule has 2 aromatic carbocycles. The molecule has 2 aromatic rings. The molecule has 3 rings (SSSR count). The molecule has 2 N–H and O–H groups in total. The van der Waals surface area contributed by atoms with Gasteiger partial charge in [0.25, 0.3) is 0 Å². The van der Waals surface area contributed by atoms with E-state index >= 15 is 0 Å². The molecular formula is C19H20F2N2O2. The Hall–Kier alpha value is -2.47. The summed E-state index contributed by atoms with van der Waals surface area (Å²) in [5.41, 5.74) is 1.37. The van der Waals surface area contributed by atoms with Crippen LogP contribution < -0.4 is 10.2 Å². The molecule has 1 saturated heterocycles. The molecule has 4 nitrogen and oxygen atoms in total. The number of anilines is 1. The lowest BCUT2D eigenvalue weighted by Gasteiger charge is -2.19. The summed E-state index contributed by atoms with van der Waals surface area (Å²) in [6.45, 7) is 0.952. The van der Waals surface area contributed by atoms with E-state index in [0.29, 0.717) is 30.8 Å². The summed E-state index contributed by atoms with van der Waals surface area (Å²) in [6, 6.07) is 11.0. The number of aliphatic hydroxyl groups is 1. The van der Waals surface area contributed by atoms with E-state index in [0.717, 1.165) is 0 Å². The van der Waals surface area contributed by atoms with Crippen LogP contribution in [-0.4, -0.2) is 24.1 Å². The number of aliphatic hydroxyl groups excluding tert-OH is 1. The van der Waals surface area contributed by atoms with Crippen LogP contribution in [0.2, 0.25) is 0 Å². The van der Waals surface area contributed by atoms with Gasteiger partial charge in [-0.05, 0) is 30.2 Å². The number of nitrogens with one attached hydrogen (secondary N) is 1. The Bertz CT molecular complexity index is 767. The Morgan fingerprint density at radius 3 is 2.72 bits per heavy atom. The number of nitrogens with zero attached hydrogens (tertiary/aromatic N) is 1. The number of amides is 1. The first kappa shape index (κ1) is 17.4. The first-order chi connectivity index (χ1) is 12.1. The van der Waals surface area contributed by atoms with Gasteiger partial charge in [0.05, 0.1) is 18.2 Å². The van der Waals surface area contributed by atoms with Crippen molar-refractivity contribution in [1.29, 1.82) is 0 Å². The summed E-state index contributed by atoms with van der Waals surface area (Å²) >= 11 is 0. The van der Waals surface area contributed by atoms with Crippen molar-refractivity contribution in [1.82, 2.24) is 5.32 Å². The van der Waals surface area contributed by atoms with Crippen molar-refractivity contribution in [2.75, 3.05) is 18.0 Å². The van der Waals surface area contributed by atoms with Crippen molar-refractivity contribution in [2.45, 2.75) is 19.6 Å². The molecule has 1 unspecified atom stereocenters. The van der Waals surface area contributed by atoms with Gasteiger partial charge < -0.3 is 15.3 Å². The zero-order chi connectivity index (χ0) is 17.8. The topological polar surface area (TPSA) is 52.6 Å². The van der Waals surface area contributed by atoms with E-state index in [-0.39, 0.29) is 36.4 Å². The minimum Gasteiger partial charge on any atom is -0.392 e. The van der Waals surface area contributed by atoms with Gasteiger partial charge in [0, 0.05) is 25.2 Å². The molecule has 0 aliphatic carbocycles. The van der Waals surface area contributed by atoms with E-state index in [4.69, 9.17) is 5.11 Å². The fourth-order valence-electron chi connectivity index (χ4n) is 3.06. The van der Waals surface area contributed by atoms with Crippen LogP contribution in [0.25, 0.3) is 0 Å². The van der Waals surface area contributed by atoms with Gasteiger partial charge in [-0.2, -0.15) is 0 Å². The van der Waals surface area contributed by atoms with Crippen molar-refractivity contribution in [3.63, 3.8) is 0 Å². The van der Waals surface area contributed by atoms with E-state index in [2.05, 4.69) is 5.32 Å².